The van der Waals surface area contributed by atoms with Crippen molar-refractivity contribution in [1.29, 1.82) is 0 Å². The summed E-state index contributed by atoms with van der Waals surface area (Å²) in [6, 6.07) is 27.8. The fourth-order valence-corrected chi connectivity index (χ4v) is 4.27. The maximum atomic E-state index is 12.6. The van der Waals surface area contributed by atoms with E-state index < -0.39 is 0 Å². The number of nitrogens with zero attached hydrogens (tertiary/aromatic N) is 3. The first kappa shape index (κ1) is 20.6. The summed E-state index contributed by atoms with van der Waals surface area (Å²) in [5.74, 6) is 1.27. The smallest absolute Gasteiger partial charge is 0.196 e. The molecule has 0 aliphatic heterocycles. The molecule has 4 rings (SSSR count). The molecule has 0 bridgehead atoms. The fraction of sp³-hybridized carbons (Fsp3) is 0.125. The molecular weight excluding hydrogens is 458 g/mol. The Bertz CT molecular complexity index is 1110. The minimum atomic E-state index is 0.0703. The van der Waals surface area contributed by atoms with Crippen LogP contribution in [0.5, 0.6) is 0 Å². The van der Waals surface area contributed by atoms with E-state index in [2.05, 4.69) is 42.8 Å². The van der Waals surface area contributed by atoms with Crippen molar-refractivity contribution in [1.82, 2.24) is 14.8 Å². The molecule has 30 heavy (non-hydrogen) atoms. The molecule has 6 heteroatoms. The van der Waals surface area contributed by atoms with Gasteiger partial charge in [0.05, 0.1) is 5.75 Å². The average molecular weight is 478 g/mol. The van der Waals surface area contributed by atoms with Gasteiger partial charge in [0.15, 0.2) is 10.9 Å². The lowest BCUT2D eigenvalue weighted by molar-refractivity contribution is 0.102. The van der Waals surface area contributed by atoms with Crippen LogP contribution in [0.25, 0.3) is 5.69 Å². The first-order valence-electron chi connectivity index (χ1n) is 9.66. The van der Waals surface area contributed by atoms with Crippen molar-refractivity contribution >= 4 is 33.5 Å². The van der Waals surface area contributed by atoms with Crippen LogP contribution in [-0.4, -0.2) is 26.3 Å². The summed E-state index contributed by atoms with van der Waals surface area (Å²) in [7, 11) is 0. The summed E-state index contributed by atoms with van der Waals surface area (Å²) in [5.41, 5.74) is 2.96. The standard InChI is InChI=1S/C24H20BrN3OS/c25-20-14-12-19(13-15-20)22(29)17-30-24-27-26-23(16-11-18-7-3-1-4-8-18)28(24)21-9-5-2-6-10-21/h1-10,12-15H,11,16-17H2. The monoisotopic (exact) mass is 477 g/mol. The van der Waals surface area contributed by atoms with Crippen molar-refractivity contribution in [3.8, 4) is 5.69 Å². The number of carbonyl (C=O) groups excluding carboxylic acids is 1. The molecule has 0 radical (unpaired) electrons. The van der Waals surface area contributed by atoms with Gasteiger partial charge in [0.2, 0.25) is 0 Å². The van der Waals surface area contributed by atoms with E-state index in [1.54, 1.807) is 0 Å². The second kappa shape index (κ2) is 9.87. The number of halogens is 1. The molecule has 3 aromatic carbocycles. The minimum absolute atomic E-state index is 0.0703. The maximum Gasteiger partial charge on any atom is 0.196 e. The zero-order valence-corrected chi connectivity index (χ0v) is 18.6. The normalized spacial score (nSPS) is 10.8. The summed E-state index contributed by atoms with van der Waals surface area (Å²) in [6.07, 6.45) is 1.65. The summed E-state index contributed by atoms with van der Waals surface area (Å²) in [6.45, 7) is 0. The van der Waals surface area contributed by atoms with Crippen molar-refractivity contribution in [3.63, 3.8) is 0 Å². The number of hydrogen-bond donors (Lipinski definition) is 0. The molecular formula is C24H20BrN3OS. The Morgan fingerprint density at radius 3 is 2.20 bits per heavy atom. The van der Waals surface area contributed by atoms with Crippen molar-refractivity contribution < 1.29 is 4.79 Å². The molecule has 4 aromatic rings. The number of aromatic nitrogens is 3. The number of aryl methyl sites for hydroxylation is 2. The molecule has 0 N–H and O–H groups in total. The fourth-order valence-electron chi connectivity index (χ4n) is 3.14. The van der Waals surface area contributed by atoms with E-state index in [1.807, 2.05) is 72.8 Å². The van der Waals surface area contributed by atoms with Crippen LogP contribution in [-0.2, 0) is 12.8 Å². The quantitative estimate of drug-likeness (QED) is 0.238. The van der Waals surface area contributed by atoms with Crippen molar-refractivity contribution in [3.05, 3.63) is 106 Å². The van der Waals surface area contributed by atoms with Crippen LogP contribution in [0.3, 0.4) is 0 Å². The van der Waals surface area contributed by atoms with Gasteiger partial charge in [-0.3, -0.25) is 9.36 Å². The number of benzene rings is 3. The van der Waals surface area contributed by atoms with E-state index in [0.29, 0.717) is 11.3 Å². The molecule has 0 aliphatic carbocycles. The second-order valence-electron chi connectivity index (χ2n) is 6.77. The Labute approximate surface area is 188 Å². The summed E-state index contributed by atoms with van der Waals surface area (Å²) >= 11 is 4.82. The third kappa shape index (κ3) is 5.07. The van der Waals surface area contributed by atoms with Crippen LogP contribution in [0.15, 0.2) is 94.6 Å². The van der Waals surface area contributed by atoms with Gasteiger partial charge in [-0.1, -0.05) is 88.4 Å². The van der Waals surface area contributed by atoms with Crippen LogP contribution >= 0.6 is 27.7 Å². The van der Waals surface area contributed by atoms with E-state index in [4.69, 9.17) is 0 Å². The lowest BCUT2D eigenvalue weighted by Crippen LogP contribution is -2.07. The van der Waals surface area contributed by atoms with Gasteiger partial charge in [0, 0.05) is 22.1 Å². The highest BCUT2D eigenvalue weighted by atomic mass is 79.9. The molecule has 0 spiro atoms. The zero-order valence-electron chi connectivity index (χ0n) is 16.2. The van der Waals surface area contributed by atoms with Crippen LogP contribution in [0.1, 0.15) is 21.7 Å². The number of ketones is 1. The number of hydrogen-bond acceptors (Lipinski definition) is 4. The SMILES string of the molecule is O=C(CSc1nnc(CCc2ccccc2)n1-c1ccccc1)c1ccc(Br)cc1. The summed E-state index contributed by atoms with van der Waals surface area (Å²) in [4.78, 5) is 12.6. The van der Waals surface area contributed by atoms with E-state index in [9.17, 15) is 4.79 Å². The third-order valence-corrected chi connectivity index (χ3v) is 6.15. The van der Waals surface area contributed by atoms with E-state index >= 15 is 0 Å². The van der Waals surface area contributed by atoms with Crippen LogP contribution in [0.2, 0.25) is 0 Å². The second-order valence-corrected chi connectivity index (χ2v) is 8.63. The largest absolute Gasteiger partial charge is 0.293 e. The first-order chi connectivity index (χ1) is 14.7. The number of para-hydroxylation sites is 1. The number of rotatable bonds is 8. The Morgan fingerprint density at radius 1 is 0.833 bits per heavy atom. The van der Waals surface area contributed by atoms with Crippen molar-refractivity contribution in [2.75, 3.05) is 5.75 Å². The molecule has 0 unspecified atom stereocenters. The Morgan fingerprint density at radius 2 is 1.50 bits per heavy atom. The molecule has 0 saturated carbocycles. The Kier molecular flexibility index (Phi) is 6.77. The Hall–Kier alpha value is -2.70. The average Bonchev–Trinajstić information content (AvgIpc) is 3.20. The number of Topliss-reactive ketones (excluding diaryl/α,β-unsaturated/α-hetero) is 1. The van der Waals surface area contributed by atoms with Gasteiger partial charge >= 0.3 is 0 Å². The first-order valence-corrected chi connectivity index (χ1v) is 11.4. The van der Waals surface area contributed by atoms with Gasteiger partial charge in [0.25, 0.3) is 0 Å². The highest BCUT2D eigenvalue weighted by Gasteiger charge is 2.16. The highest BCUT2D eigenvalue weighted by molar-refractivity contribution is 9.10. The maximum absolute atomic E-state index is 12.6. The molecule has 1 heterocycles. The van der Waals surface area contributed by atoms with E-state index in [-0.39, 0.29) is 5.78 Å². The van der Waals surface area contributed by atoms with Crippen LogP contribution in [0, 0.1) is 0 Å². The molecule has 1 aromatic heterocycles. The predicted octanol–water partition coefficient (Wildman–Crippen LogP) is 5.79. The zero-order chi connectivity index (χ0) is 20.8. The van der Waals surface area contributed by atoms with Gasteiger partial charge in [0.1, 0.15) is 5.82 Å². The lowest BCUT2D eigenvalue weighted by atomic mass is 10.1. The van der Waals surface area contributed by atoms with Crippen molar-refractivity contribution in [2.45, 2.75) is 18.0 Å². The number of thioether (sulfide) groups is 1. The highest BCUT2D eigenvalue weighted by Crippen LogP contribution is 2.24. The predicted molar refractivity (Wildman–Crippen MR) is 124 cm³/mol. The van der Waals surface area contributed by atoms with Gasteiger partial charge in [-0.2, -0.15) is 0 Å². The molecule has 0 saturated heterocycles. The Balaban J connectivity index is 1.54. The van der Waals surface area contributed by atoms with Crippen molar-refractivity contribution in [2.24, 2.45) is 0 Å². The molecule has 0 atom stereocenters. The van der Waals surface area contributed by atoms with Crippen LogP contribution < -0.4 is 0 Å². The van der Waals surface area contributed by atoms with Gasteiger partial charge in [-0.25, -0.2) is 0 Å². The summed E-state index contributed by atoms with van der Waals surface area (Å²) < 4.78 is 3.02. The number of carbonyl (C=O) groups is 1. The van der Waals surface area contributed by atoms with E-state index in [1.165, 1.54) is 17.3 Å². The topological polar surface area (TPSA) is 47.8 Å². The van der Waals surface area contributed by atoms with E-state index in [0.717, 1.165) is 34.0 Å². The molecule has 4 nitrogen and oxygen atoms in total. The molecule has 0 fully saturated rings. The lowest BCUT2D eigenvalue weighted by Gasteiger charge is -2.10. The third-order valence-electron chi connectivity index (χ3n) is 4.69. The molecule has 0 amide bonds. The van der Waals surface area contributed by atoms with Gasteiger partial charge < -0.3 is 0 Å². The summed E-state index contributed by atoms with van der Waals surface area (Å²) in [5, 5.41) is 9.58. The van der Waals surface area contributed by atoms with Gasteiger partial charge in [-0.15, -0.1) is 10.2 Å². The van der Waals surface area contributed by atoms with Crippen LogP contribution in [0.4, 0.5) is 0 Å². The van der Waals surface area contributed by atoms with Gasteiger partial charge in [-0.05, 0) is 36.2 Å². The molecule has 150 valence electrons. The molecule has 0 aliphatic rings. The minimum Gasteiger partial charge on any atom is -0.293 e.